The summed E-state index contributed by atoms with van der Waals surface area (Å²) < 4.78 is 5.64. The molecule has 4 N–H and O–H groups in total. The normalized spacial score (nSPS) is 22.5. The van der Waals surface area contributed by atoms with Gasteiger partial charge in [0.1, 0.15) is 5.75 Å². The average molecular weight is 292 g/mol. The molecule has 1 aromatic carbocycles. The van der Waals surface area contributed by atoms with E-state index in [9.17, 15) is 9.90 Å². The summed E-state index contributed by atoms with van der Waals surface area (Å²) in [6.07, 6.45) is 2.07. The van der Waals surface area contributed by atoms with Gasteiger partial charge >= 0.3 is 0 Å². The molecule has 1 amide bonds. The van der Waals surface area contributed by atoms with Gasteiger partial charge in [-0.15, -0.1) is 0 Å². The van der Waals surface area contributed by atoms with Crippen molar-refractivity contribution in [2.24, 2.45) is 5.73 Å². The third kappa shape index (κ3) is 4.72. The van der Waals surface area contributed by atoms with Gasteiger partial charge < -0.3 is 20.9 Å². The number of nitrogens with one attached hydrogen (secondary N) is 1. The molecule has 5 heteroatoms. The van der Waals surface area contributed by atoms with Crippen LogP contribution in [0.25, 0.3) is 0 Å². The number of aromatic hydroxyl groups is 1. The fourth-order valence-corrected chi connectivity index (χ4v) is 2.64. The van der Waals surface area contributed by atoms with Crippen molar-refractivity contribution >= 4 is 5.91 Å². The number of hydrogen-bond acceptors (Lipinski definition) is 4. The van der Waals surface area contributed by atoms with Crippen molar-refractivity contribution < 1.29 is 14.6 Å². The van der Waals surface area contributed by atoms with Crippen LogP contribution < -0.4 is 11.1 Å². The molecule has 1 aliphatic heterocycles. The Kier molecular flexibility index (Phi) is 4.85. The fourth-order valence-electron chi connectivity index (χ4n) is 2.64. The molecular weight excluding hydrogens is 268 g/mol. The number of nitrogens with two attached hydrogens (primary N) is 1. The number of benzene rings is 1. The lowest BCUT2D eigenvalue weighted by Gasteiger charge is -2.36. The zero-order valence-corrected chi connectivity index (χ0v) is 12.6. The van der Waals surface area contributed by atoms with E-state index in [-0.39, 0.29) is 23.3 Å². The molecule has 21 heavy (non-hydrogen) atoms. The second-order valence-corrected chi connectivity index (χ2v) is 6.28. The Balaban J connectivity index is 1.86. The first-order chi connectivity index (χ1) is 9.85. The molecule has 116 valence electrons. The van der Waals surface area contributed by atoms with E-state index in [2.05, 4.69) is 5.32 Å². The van der Waals surface area contributed by atoms with Crippen LogP contribution >= 0.6 is 0 Å². The van der Waals surface area contributed by atoms with Crippen LogP contribution in [0.4, 0.5) is 0 Å². The summed E-state index contributed by atoms with van der Waals surface area (Å²) in [6.45, 7) is 4.72. The number of ether oxygens (including phenoxy) is 1. The summed E-state index contributed by atoms with van der Waals surface area (Å²) in [4.78, 5) is 12.2. The van der Waals surface area contributed by atoms with Crippen molar-refractivity contribution in [2.75, 3.05) is 6.61 Å². The van der Waals surface area contributed by atoms with Crippen molar-refractivity contribution in [3.05, 3.63) is 29.8 Å². The summed E-state index contributed by atoms with van der Waals surface area (Å²) in [6, 6.07) is 6.29. The Morgan fingerprint density at radius 3 is 2.76 bits per heavy atom. The summed E-state index contributed by atoms with van der Waals surface area (Å²) in [5, 5.41) is 12.3. The second kappa shape index (κ2) is 6.45. The van der Waals surface area contributed by atoms with E-state index < -0.39 is 6.04 Å². The molecular formula is C16H24N2O3. The zero-order chi connectivity index (χ0) is 15.5. The molecule has 0 aliphatic carbocycles. The van der Waals surface area contributed by atoms with Gasteiger partial charge in [-0.05, 0) is 50.8 Å². The third-order valence-electron chi connectivity index (χ3n) is 3.77. The van der Waals surface area contributed by atoms with E-state index in [1.54, 1.807) is 24.3 Å². The maximum Gasteiger partial charge on any atom is 0.237 e. The van der Waals surface area contributed by atoms with E-state index in [1.165, 1.54) is 0 Å². The number of amides is 1. The lowest BCUT2D eigenvalue weighted by atomic mass is 9.93. The second-order valence-electron chi connectivity index (χ2n) is 6.28. The van der Waals surface area contributed by atoms with Crippen molar-refractivity contribution in [2.45, 2.75) is 50.8 Å². The first-order valence-corrected chi connectivity index (χ1v) is 7.33. The highest BCUT2D eigenvalue weighted by molar-refractivity contribution is 5.82. The van der Waals surface area contributed by atoms with Crippen LogP contribution in [0.1, 0.15) is 32.3 Å². The molecule has 1 aliphatic rings. The van der Waals surface area contributed by atoms with Crippen LogP contribution in [0.2, 0.25) is 0 Å². The van der Waals surface area contributed by atoms with Gasteiger partial charge in [0.2, 0.25) is 5.91 Å². The van der Waals surface area contributed by atoms with E-state index in [1.807, 2.05) is 13.8 Å². The van der Waals surface area contributed by atoms with Gasteiger partial charge in [0.15, 0.2) is 0 Å². The fraction of sp³-hybridized carbons (Fsp3) is 0.562. The van der Waals surface area contributed by atoms with Crippen molar-refractivity contribution in [3.63, 3.8) is 0 Å². The molecule has 0 spiro atoms. The minimum absolute atomic E-state index is 0.118. The third-order valence-corrected chi connectivity index (χ3v) is 3.77. The van der Waals surface area contributed by atoms with Gasteiger partial charge in [-0.1, -0.05) is 12.1 Å². The maximum atomic E-state index is 12.2. The molecule has 1 fully saturated rings. The zero-order valence-electron chi connectivity index (χ0n) is 12.6. The van der Waals surface area contributed by atoms with E-state index in [4.69, 9.17) is 10.5 Å². The standard InChI is InChI=1S/C16H24N2O3/c1-16(2)10-12(7-8-21-16)18-15(20)14(17)9-11-3-5-13(19)6-4-11/h3-6,12,14,19H,7-10,17H2,1-2H3,(H,18,20)/t12?,14-/m1/s1. The Labute approximate surface area is 125 Å². The van der Waals surface area contributed by atoms with Gasteiger partial charge in [0.05, 0.1) is 11.6 Å². The van der Waals surface area contributed by atoms with E-state index in [0.717, 1.165) is 18.4 Å². The topological polar surface area (TPSA) is 84.6 Å². The first-order valence-electron chi connectivity index (χ1n) is 7.33. The molecule has 0 bridgehead atoms. The molecule has 5 nitrogen and oxygen atoms in total. The molecule has 0 saturated carbocycles. The average Bonchev–Trinajstić information content (AvgIpc) is 2.40. The summed E-state index contributed by atoms with van der Waals surface area (Å²) in [5.74, 6) is 0.0759. The van der Waals surface area contributed by atoms with E-state index in [0.29, 0.717) is 13.0 Å². The SMILES string of the molecule is CC1(C)CC(NC(=O)[C@H](N)Cc2ccc(O)cc2)CCO1. The summed E-state index contributed by atoms with van der Waals surface area (Å²) in [7, 11) is 0. The highest BCUT2D eigenvalue weighted by atomic mass is 16.5. The summed E-state index contributed by atoms with van der Waals surface area (Å²) in [5.41, 5.74) is 6.70. The quantitative estimate of drug-likeness (QED) is 0.782. The lowest BCUT2D eigenvalue weighted by Crippen LogP contribution is -2.51. The Morgan fingerprint density at radius 1 is 1.48 bits per heavy atom. The van der Waals surface area contributed by atoms with Gasteiger partial charge in [0.25, 0.3) is 0 Å². The minimum atomic E-state index is -0.583. The van der Waals surface area contributed by atoms with Gasteiger partial charge in [0, 0.05) is 12.6 Å². The van der Waals surface area contributed by atoms with Gasteiger partial charge in [-0.2, -0.15) is 0 Å². The number of phenolic OH excluding ortho intramolecular Hbond substituents is 1. The lowest BCUT2D eigenvalue weighted by molar-refractivity contribution is -0.125. The molecule has 2 atom stereocenters. The predicted octanol–water partition coefficient (Wildman–Crippen LogP) is 1.34. The first kappa shape index (κ1) is 15.8. The molecule has 1 aromatic rings. The van der Waals surface area contributed by atoms with Crippen LogP contribution in [0.5, 0.6) is 5.75 Å². The Bertz CT molecular complexity index is 485. The Hall–Kier alpha value is -1.59. The number of rotatable bonds is 4. The number of carbonyl (C=O) groups excluding carboxylic acids is 1. The van der Waals surface area contributed by atoms with Crippen molar-refractivity contribution in [1.29, 1.82) is 0 Å². The molecule has 2 rings (SSSR count). The largest absolute Gasteiger partial charge is 0.508 e. The van der Waals surface area contributed by atoms with Crippen LogP contribution in [0.15, 0.2) is 24.3 Å². The van der Waals surface area contributed by atoms with Crippen LogP contribution in [0, 0.1) is 0 Å². The smallest absolute Gasteiger partial charge is 0.237 e. The van der Waals surface area contributed by atoms with Gasteiger partial charge in [-0.3, -0.25) is 4.79 Å². The Morgan fingerprint density at radius 2 is 2.14 bits per heavy atom. The number of carbonyl (C=O) groups is 1. The number of phenols is 1. The van der Waals surface area contributed by atoms with Crippen LogP contribution in [-0.4, -0.2) is 35.3 Å². The van der Waals surface area contributed by atoms with Crippen LogP contribution in [0.3, 0.4) is 0 Å². The summed E-state index contributed by atoms with van der Waals surface area (Å²) >= 11 is 0. The highest BCUT2D eigenvalue weighted by Gasteiger charge is 2.30. The molecule has 0 radical (unpaired) electrons. The monoisotopic (exact) mass is 292 g/mol. The highest BCUT2D eigenvalue weighted by Crippen LogP contribution is 2.24. The van der Waals surface area contributed by atoms with E-state index >= 15 is 0 Å². The molecule has 1 unspecified atom stereocenters. The van der Waals surface area contributed by atoms with Crippen LogP contribution in [-0.2, 0) is 16.0 Å². The van der Waals surface area contributed by atoms with Gasteiger partial charge in [-0.25, -0.2) is 0 Å². The molecule has 1 saturated heterocycles. The minimum Gasteiger partial charge on any atom is -0.508 e. The number of hydrogen-bond donors (Lipinski definition) is 3. The predicted molar refractivity (Wildman–Crippen MR) is 81.0 cm³/mol. The molecule has 1 heterocycles. The van der Waals surface area contributed by atoms with Crippen molar-refractivity contribution in [3.8, 4) is 5.75 Å². The van der Waals surface area contributed by atoms with Crippen molar-refractivity contribution in [1.82, 2.24) is 5.32 Å². The molecule has 0 aromatic heterocycles. The maximum absolute atomic E-state index is 12.2.